The van der Waals surface area contributed by atoms with Gasteiger partial charge in [0.25, 0.3) is 0 Å². The van der Waals surface area contributed by atoms with Crippen LogP contribution in [0.2, 0.25) is 10.0 Å². The number of aromatic nitrogens is 1. The van der Waals surface area contributed by atoms with Gasteiger partial charge in [0.05, 0.1) is 39.9 Å². The number of anilines is 2. The average Bonchev–Trinajstić information content (AvgIpc) is 3.55. The molecule has 6 rings (SSSR count). The molecule has 1 aromatic heterocycles. The van der Waals surface area contributed by atoms with E-state index in [0.29, 0.717) is 69.8 Å². The molecule has 2 heterocycles. The molecule has 1 saturated heterocycles. The predicted octanol–water partition coefficient (Wildman–Crippen LogP) is 8.40. The van der Waals surface area contributed by atoms with E-state index in [9.17, 15) is 18.0 Å². The number of halogens is 3. The maximum atomic E-state index is 15.6. The van der Waals surface area contributed by atoms with Crippen LogP contribution in [0.4, 0.5) is 15.8 Å². The smallest absolute Gasteiger partial charge is 0.241 e. The minimum atomic E-state index is -3.95. The maximum absolute atomic E-state index is 15.6. The SMILES string of the molecule is CC(=O)NCCCCCCCCCCS(=O)(=O)N(C=O)c1ccc(N2C[C@@H]3C[C@H]2C[C@H]3OCc2c(-c3c(Cl)cccc3Cl)noc2C2CC2)c(F)c1. The number of unbranched alkanes of at least 4 members (excludes halogenated alkanes) is 7. The molecule has 10 nitrogen and oxygen atoms in total. The van der Waals surface area contributed by atoms with Gasteiger partial charge in [-0.15, -0.1) is 0 Å². The summed E-state index contributed by atoms with van der Waals surface area (Å²) in [6.45, 7) is 3.11. The number of sulfonamides is 1. The van der Waals surface area contributed by atoms with Crippen molar-refractivity contribution in [2.45, 2.75) is 109 Å². The summed E-state index contributed by atoms with van der Waals surface area (Å²) in [5.41, 5.74) is 2.49. The highest BCUT2D eigenvalue weighted by Crippen LogP contribution is 2.48. The lowest BCUT2D eigenvalue weighted by molar-refractivity contribution is -0.119. The molecule has 0 spiro atoms. The van der Waals surface area contributed by atoms with E-state index >= 15 is 4.39 Å². The van der Waals surface area contributed by atoms with Crippen molar-refractivity contribution in [1.82, 2.24) is 10.5 Å². The number of hydrogen-bond donors (Lipinski definition) is 1. The molecule has 1 aliphatic heterocycles. The fourth-order valence-electron chi connectivity index (χ4n) is 7.63. The number of nitrogens with zero attached hydrogens (tertiary/aromatic N) is 3. The molecular weight excluding hydrogens is 730 g/mol. The van der Waals surface area contributed by atoms with Crippen molar-refractivity contribution in [2.75, 3.05) is 28.0 Å². The van der Waals surface area contributed by atoms with Crippen LogP contribution in [0.5, 0.6) is 0 Å². The van der Waals surface area contributed by atoms with Gasteiger partial charge in [-0.1, -0.05) is 72.9 Å². The molecule has 282 valence electrons. The predicted molar refractivity (Wildman–Crippen MR) is 201 cm³/mol. The Balaban J connectivity index is 0.992. The number of benzene rings is 2. The fraction of sp³-hybridized carbons (Fsp3) is 0.553. The lowest BCUT2D eigenvalue weighted by atomic mass is 10.0. The Bertz CT molecular complexity index is 1820. The van der Waals surface area contributed by atoms with Crippen molar-refractivity contribution in [3.05, 3.63) is 63.6 Å². The lowest BCUT2D eigenvalue weighted by Crippen LogP contribution is -2.39. The van der Waals surface area contributed by atoms with Gasteiger partial charge < -0.3 is 19.5 Å². The molecule has 0 unspecified atom stereocenters. The van der Waals surface area contributed by atoms with Gasteiger partial charge in [-0.25, -0.2) is 17.1 Å². The second-order valence-electron chi connectivity index (χ2n) is 14.3. The molecular formula is C38H47Cl2FN4O6S. The fourth-order valence-corrected chi connectivity index (χ4v) is 9.54. The number of nitrogens with one attached hydrogen (secondary N) is 1. The minimum Gasteiger partial charge on any atom is -0.373 e. The van der Waals surface area contributed by atoms with Crippen molar-refractivity contribution in [3.63, 3.8) is 0 Å². The van der Waals surface area contributed by atoms with Crippen LogP contribution in [0.15, 0.2) is 40.9 Å². The van der Waals surface area contributed by atoms with Crippen LogP contribution in [0.25, 0.3) is 11.3 Å². The van der Waals surface area contributed by atoms with Gasteiger partial charge in [-0.2, -0.15) is 0 Å². The number of carbonyl (C=O) groups excluding carboxylic acids is 2. The van der Waals surface area contributed by atoms with E-state index in [1.807, 2.05) is 4.90 Å². The zero-order valence-corrected chi connectivity index (χ0v) is 31.8. The molecule has 0 radical (unpaired) electrons. The van der Waals surface area contributed by atoms with Crippen LogP contribution in [0.3, 0.4) is 0 Å². The van der Waals surface area contributed by atoms with E-state index in [1.165, 1.54) is 13.0 Å². The highest BCUT2D eigenvalue weighted by atomic mass is 35.5. The summed E-state index contributed by atoms with van der Waals surface area (Å²) in [5, 5.41) is 8.14. The van der Waals surface area contributed by atoms with Crippen molar-refractivity contribution < 1.29 is 31.7 Å². The lowest BCUT2D eigenvalue weighted by Gasteiger charge is -2.33. The Morgan fingerprint density at radius 2 is 1.75 bits per heavy atom. The highest BCUT2D eigenvalue weighted by molar-refractivity contribution is 7.93. The van der Waals surface area contributed by atoms with Gasteiger partial charge in [0, 0.05) is 55.1 Å². The van der Waals surface area contributed by atoms with E-state index in [0.717, 1.165) is 81.6 Å². The molecule has 2 aromatic carbocycles. The zero-order chi connectivity index (χ0) is 36.8. The molecule has 2 amide bonds. The average molecular weight is 778 g/mol. The van der Waals surface area contributed by atoms with Gasteiger partial charge in [0.2, 0.25) is 22.3 Å². The minimum absolute atomic E-state index is 0.00399. The first kappa shape index (κ1) is 38.5. The number of ether oxygens (including phenoxy) is 1. The number of rotatable bonds is 20. The van der Waals surface area contributed by atoms with E-state index in [-0.39, 0.29) is 41.8 Å². The number of hydrogen-bond acceptors (Lipinski definition) is 8. The van der Waals surface area contributed by atoms with Gasteiger partial charge in [0.1, 0.15) is 17.3 Å². The first-order valence-corrected chi connectivity index (χ1v) is 20.8. The normalized spacial score (nSPS) is 19.7. The molecule has 3 aromatic rings. The number of amides is 2. The first-order valence-electron chi connectivity index (χ1n) is 18.4. The summed E-state index contributed by atoms with van der Waals surface area (Å²) >= 11 is 13.0. The molecule has 14 heteroatoms. The third-order valence-electron chi connectivity index (χ3n) is 10.5. The summed E-state index contributed by atoms with van der Waals surface area (Å²) < 4.78 is 54.7. The van der Waals surface area contributed by atoms with Crippen LogP contribution in [0.1, 0.15) is 101 Å². The highest BCUT2D eigenvalue weighted by Gasteiger charge is 2.46. The topological polar surface area (TPSA) is 122 Å². The number of piperidine rings is 1. The van der Waals surface area contributed by atoms with Crippen molar-refractivity contribution in [1.29, 1.82) is 0 Å². The molecule has 3 aliphatic rings. The molecule has 1 N–H and O–H groups in total. The maximum Gasteiger partial charge on any atom is 0.241 e. The molecule has 52 heavy (non-hydrogen) atoms. The van der Waals surface area contributed by atoms with Gasteiger partial charge in [-0.05, 0) is 62.8 Å². The summed E-state index contributed by atoms with van der Waals surface area (Å²) in [6, 6.07) is 9.62. The molecule has 3 fully saturated rings. The number of fused-ring (bicyclic) bond motifs is 2. The third kappa shape index (κ3) is 9.12. The van der Waals surface area contributed by atoms with E-state index in [2.05, 4.69) is 10.5 Å². The van der Waals surface area contributed by atoms with E-state index in [4.69, 9.17) is 32.5 Å². The van der Waals surface area contributed by atoms with Crippen LogP contribution in [0, 0.1) is 11.7 Å². The van der Waals surface area contributed by atoms with Crippen molar-refractivity contribution in [3.8, 4) is 11.3 Å². The second-order valence-corrected chi connectivity index (χ2v) is 17.1. The van der Waals surface area contributed by atoms with Gasteiger partial charge in [-0.3, -0.25) is 9.59 Å². The Morgan fingerprint density at radius 1 is 1.06 bits per heavy atom. The van der Waals surface area contributed by atoms with E-state index < -0.39 is 15.8 Å². The quantitative estimate of drug-likeness (QED) is 0.0897. The number of carbonyl (C=O) groups is 2. The molecule has 2 bridgehead atoms. The van der Waals surface area contributed by atoms with Crippen LogP contribution in [-0.2, 0) is 31.0 Å². The zero-order valence-electron chi connectivity index (χ0n) is 29.5. The van der Waals surface area contributed by atoms with Crippen LogP contribution in [-0.4, -0.2) is 56.9 Å². The van der Waals surface area contributed by atoms with Gasteiger partial charge in [0.15, 0.2) is 0 Å². The van der Waals surface area contributed by atoms with Crippen molar-refractivity contribution >= 4 is 56.9 Å². The third-order valence-corrected chi connectivity index (χ3v) is 12.8. The van der Waals surface area contributed by atoms with Crippen molar-refractivity contribution in [2.24, 2.45) is 5.92 Å². The largest absolute Gasteiger partial charge is 0.373 e. The standard InChI is InChI=1S/C38H47Cl2FN4O6S/c1-25(47)42-17-8-6-4-2-3-5-7-9-18-52(48,49)45(24-46)28-15-16-34(33(41)20-28)44-22-27-19-29(44)21-35(27)50-23-30-37(43-51-38(30)26-13-14-26)36-31(39)11-10-12-32(36)40/h10-12,15-16,20,24,26-27,29,35H,2-9,13-14,17-19,21-23H2,1H3,(H,42,47)/t27-,29-,35+/m0/s1. The van der Waals surface area contributed by atoms with Crippen LogP contribution >= 0.6 is 23.2 Å². The summed E-state index contributed by atoms with van der Waals surface area (Å²) in [5.74, 6) is 0.548. The summed E-state index contributed by atoms with van der Waals surface area (Å²) in [6.07, 6.45) is 11.0. The summed E-state index contributed by atoms with van der Waals surface area (Å²) in [7, 11) is -3.95. The Morgan fingerprint density at radius 3 is 2.37 bits per heavy atom. The molecule has 3 atom stereocenters. The Kier molecular flexibility index (Phi) is 12.8. The Labute approximate surface area is 315 Å². The Hall–Kier alpha value is -3.19. The summed E-state index contributed by atoms with van der Waals surface area (Å²) in [4.78, 5) is 24.9. The van der Waals surface area contributed by atoms with E-state index in [1.54, 1.807) is 24.3 Å². The van der Waals surface area contributed by atoms with Gasteiger partial charge >= 0.3 is 0 Å². The van der Waals surface area contributed by atoms with Crippen LogP contribution < -0.4 is 14.5 Å². The first-order chi connectivity index (χ1) is 25.1. The molecule has 2 saturated carbocycles. The monoisotopic (exact) mass is 776 g/mol. The second kappa shape index (κ2) is 17.3. The molecule has 2 aliphatic carbocycles.